The number of nitrogens with one attached hydrogen (secondary N) is 1. The fourth-order valence-corrected chi connectivity index (χ4v) is 3.81. The Kier molecular flexibility index (Phi) is 4.81. The molecule has 0 saturated heterocycles. The summed E-state index contributed by atoms with van der Waals surface area (Å²) in [5.41, 5.74) is 7.65. The lowest BCUT2D eigenvalue weighted by Gasteiger charge is -2.20. The van der Waals surface area contributed by atoms with Crippen molar-refractivity contribution in [1.82, 2.24) is 5.32 Å². The van der Waals surface area contributed by atoms with Gasteiger partial charge in [-0.25, -0.2) is 0 Å². The van der Waals surface area contributed by atoms with Gasteiger partial charge in [0.25, 0.3) is 0 Å². The molecule has 24 heavy (non-hydrogen) atoms. The Hall–Kier alpha value is -2.01. The number of fused-ring (bicyclic) bond motifs is 1. The Morgan fingerprint density at radius 1 is 1.46 bits per heavy atom. The Morgan fingerprint density at radius 3 is 2.96 bits per heavy atom. The number of rotatable bonds is 5. The van der Waals surface area contributed by atoms with Crippen molar-refractivity contribution in [3.8, 4) is 5.75 Å². The first-order valence-corrected chi connectivity index (χ1v) is 8.62. The van der Waals surface area contributed by atoms with Crippen LogP contribution < -0.4 is 15.8 Å². The van der Waals surface area contributed by atoms with E-state index in [2.05, 4.69) is 5.32 Å². The molecule has 0 spiro atoms. The van der Waals surface area contributed by atoms with Crippen LogP contribution in [0.4, 0.5) is 0 Å². The van der Waals surface area contributed by atoms with E-state index < -0.39 is 0 Å². The highest BCUT2D eigenvalue weighted by atomic mass is 16.5. The molecule has 1 amide bonds. The molecule has 1 unspecified atom stereocenters. The molecule has 3 atom stereocenters. The van der Waals surface area contributed by atoms with Crippen molar-refractivity contribution >= 4 is 16.9 Å². The summed E-state index contributed by atoms with van der Waals surface area (Å²) in [6.45, 7) is 4.56. The van der Waals surface area contributed by atoms with E-state index in [1.165, 1.54) is 0 Å². The van der Waals surface area contributed by atoms with E-state index in [1.54, 1.807) is 7.11 Å². The summed E-state index contributed by atoms with van der Waals surface area (Å²) in [5, 5.41) is 4.13. The van der Waals surface area contributed by atoms with Crippen molar-refractivity contribution in [3.05, 3.63) is 29.5 Å². The molecule has 1 aromatic heterocycles. The van der Waals surface area contributed by atoms with E-state index in [0.717, 1.165) is 47.3 Å². The minimum Gasteiger partial charge on any atom is -0.497 e. The summed E-state index contributed by atoms with van der Waals surface area (Å²) in [4.78, 5) is 12.6. The molecule has 5 heteroatoms. The zero-order valence-corrected chi connectivity index (χ0v) is 14.6. The summed E-state index contributed by atoms with van der Waals surface area (Å²) in [6, 6.07) is 5.58. The molecule has 0 aliphatic heterocycles. The SMILES string of the molecule is COc1ccc2oc(C(C)NC(=O)[C@@H]3CCC[C@@H]3CN)c(C)c2c1. The summed E-state index contributed by atoms with van der Waals surface area (Å²) >= 11 is 0. The molecule has 2 aromatic rings. The highest BCUT2D eigenvalue weighted by Crippen LogP contribution is 2.34. The van der Waals surface area contributed by atoms with Crippen LogP contribution in [0.1, 0.15) is 43.6 Å². The van der Waals surface area contributed by atoms with Crippen LogP contribution in [0.2, 0.25) is 0 Å². The molecule has 5 nitrogen and oxygen atoms in total. The number of methoxy groups -OCH3 is 1. The summed E-state index contributed by atoms with van der Waals surface area (Å²) < 4.78 is 11.3. The van der Waals surface area contributed by atoms with Crippen LogP contribution in [0, 0.1) is 18.8 Å². The van der Waals surface area contributed by atoms with E-state index >= 15 is 0 Å². The first kappa shape index (κ1) is 16.8. The second-order valence-electron chi connectivity index (χ2n) is 6.72. The third-order valence-corrected chi connectivity index (χ3v) is 5.23. The number of carbonyl (C=O) groups excluding carboxylic acids is 1. The van der Waals surface area contributed by atoms with Crippen LogP contribution in [0.25, 0.3) is 11.0 Å². The standard InChI is InChI=1S/C19H26N2O3/c1-11-16-9-14(23-3)7-8-17(16)24-18(11)12(2)21-19(22)15-6-4-5-13(15)10-20/h7-9,12-13,15H,4-6,10,20H2,1-3H3,(H,21,22)/t12?,13-,15-/m1/s1. The van der Waals surface area contributed by atoms with Gasteiger partial charge in [0.05, 0.1) is 13.2 Å². The van der Waals surface area contributed by atoms with Crippen molar-refractivity contribution in [2.75, 3.05) is 13.7 Å². The molecule has 3 N–H and O–H groups in total. The van der Waals surface area contributed by atoms with Gasteiger partial charge in [-0.1, -0.05) is 6.42 Å². The molecule has 1 saturated carbocycles. The third-order valence-electron chi connectivity index (χ3n) is 5.23. The van der Waals surface area contributed by atoms with Gasteiger partial charge < -0.3 is 20.2 Å². The first-order chi connectivity index (χ1) is 11.5. The fraction of sp³-hybridized carbons (Fsp3) is 0.526. The molecule has 1 aliphatic rings. The Morgan fingerprint density at radius 2 is 2.25 bits per heavy atom. The van der Waals surface area contributed by atoms with Gasteiger partial charge in [0, 0.05) is 16.9 Å². The highest BCUT2D eigenvalue weighted by molar-refractivity contribution is 5.84. The second-order valence-corrected chi connectivity index (χ2v) is 6.72. The lowest BCUT2D eigenvalue weighted by molar-refractivity contribution is -0.126. The van der Waals surface area contributed by atoms with Crippen molar-refractivity contribution in [2.24, 2.45) is 17.6 Å². The largest absolute Gasteiger partial charge is 0.497 e. The molecule has 0 radical (unpaired) electrons. The van der Waals surface area contributed by atoms with Crippen LogP contribution in [0.5, 0.6) is 5.75 Å². The zero-order valence-electron chi connectivity index (χ0n) is 14.6. The second kappa shape index (κ2) is 6.85. The number of ether oxygens (including phenoxy) is 1. The summed E-state index contributed by atoms with van der Waals surface area (Å²) in [6.07, 6.45) is 3.06. The minimum atomic E-state index is -0.171. The molecule has 1 fully saturated rings. The number of furan rings is 1. The van der Waals surface area contributed by atoms with Gasteiger partial charge in [-0.05, 0) is 57.4 Å². The average molecular weight is 330 g/mol. The summed E-state index contributed by atoms with van der Waals surface area (Å²) in [7, 11) is 1.65. The molecular formula is C19H26N2O3. The van der Waals surface area contributed by atoms with E-state index in [9.17, 15) is 4.79 Å². The van der Waals surface area contributed by atoms with E-state index in [1.807, 2.05) is 32.0 Å². The molecule has 1 aromatic carbocycles. The smallest absolute Gasteiger partial charge is 0.224 e. The molecule has 1 aliphatic carbocycles. The third kappa shape index (κ3) is 3.00. The van der Waals surface area contributed by atoms with Gasteiger partial charge in [0.15, 0.2) is 0 Å². The molecule has 3 rings (SSSR count). The molecule has 1 heterocycles. The number of hydrogen-bond acceptors (Lipinski definition) is 4. The maximum atomic E-state index is 12.6. The van der Waals surface area contributed by atoms with Crippen molar-refractivity contribution in [1.29, 1.82) is 0 Å². The average Bonchev–Trinajstić information content (AvgIpc) is 3.19. The molecular weight excluding hydrogens is 304 g/mol. The van der Waals surface area contributed by atoms with Crippen LogP contribution in [0.3, 0.4) is 0 Å². The number of nitrogens with two attached hydrogens (primary N) is 1. The van der Waals surface area contributed by atoms with Crippen molar-refractivity contribution < 1.29 is 13.9 Å². The molecule has 0 bridgehead atoms. The predicted octanol–water partition coefficient (Wildman–Crippen LogP) is 3.30. The zero-order chi connectivity index (χ0) is 17.3. The number of benzene rings is 1. The normalized spacial score (nSPS) is 21.8. The quantitative estimate of drug-likeness (QED) is 0.882. The maximum absolute atomic E-state index is 12.6. The monoisotopic (exact) mass is 330 g/mol. The van der Waals surface area contributed by atoms with Gasteiger partial charge in [-0.2, -0.15) is 0 Å². The predicted molar refractivity (Wildman–Crippen MR) is 93.9 cm³/mol. The lowest BCUT2D eigenvalue weighted by Crippen LogP contribution is -2.36. The number of hydrogen-bond donors (Lipinski definition) is 2. The maximum Gasteiger partial charge on any atom is 0.224 e. The van der Waals surface area contributed by atoms with Crippen LogP contribution in [-0.4, -0.2) is 19.6 Å². The fourth-order valence-electron chi connectivity index (χ4n) is 3.81. The van der Waals surface area contributed by atoms with Crippen LogP contribution in [0.15, 0.2) is 22.6 Å². The lowest BCUT2D eigenvalue weighted by atomic mass is 9.95. The van der Waals surface area contributed by atoms with E-state index in [-0.39, 0.29) is 17.9 Å². The van der Waals surface area contributed by atoms with Gasteiger partial charge in [-0.15, -0.1) is 0 Å². The molecule has 130 valence electrons. The van der Waals surface area contributed by atoms with Gasteiger partial charge >= 0.3 is 0 Å². The van der Waals surface area contributed by atoms with Gasteiger partial charge in [0.1, 0.15) is 17.1 Å². The Labute approximate surface area is 142 Å². The first-order valence-electron chi connectivity index (χ1n) is 8.62. The number of amides is 1. The Bertz CT molecular complexity index is 738. The van der Waals surface area contributed by atoms with Crippen LogP contribution >= 0.6 is 0 Å². The van der Waals surface area contributed by atoms with Crippen LogP contribution in [-0.2, 0) is 4.79 Å². The van der Waals surface area contributed by atoms with Crippen molar-refractivity contribution in [2.45, 2.75) is 39.2 Å². The summed E-state index contributed by atoms with van der Waals surface area (Å²) in [5.74, 6) is 2.02. The number of aryl methyl sites for hydroxylation is 1. The van der Waals surface area contributed by atoms with E-state index in [0.29, 0.717) is 12.5 Å². The minimum absolute atomic E-state index is 0.0298. The number of carbonyl (C=O) groups is 1. The van der Waals surface area contributed by atoms with Crippen molar-refractivity contribution in [3.63, 3.8) is 0 Å². The topological polar surface area (TPSA) is 77.5 Å². The van der Waals surface area contributed by atoms with Gasteiger partial charge in [-0.3, -0.25) is 4.79 Å². The van der Waals surface area contributed by atoms with E-state index in [4.69, 9.17) is 14.9 Å². The Balaban J connectivity index is 1.79. The van der Waals surface area contributed by atoms with Gasteiger partial charge in [0.2, 0.25) is 5.91 Å². The highest BCUT2D eigenvalue weighted by Gasteiger charge is 2.33.